The van der Waals surface area contributed by atoms with Gasteiger partial charge < -0.3 is 5.32 Å². The third-order valence-electron chi connectivity index (χ3n) is 2.98. The van der Waals surface area contributed by atoms with E-state index in [0.717, 1.165) is 12.8 Å². The van der Waals surface area contributed by atoms with Crippen molar-refractivity contribution in [2.24, 2.45) is 5.14 Å². The summed E-state index contributed by atoms with van der Waals surface area (Å²) < 4.78 is 23.0. The van der Waals surface area contributed by atoms with Crippen LogP contribution in [0.5, 0.6) is 0 Å². The molecular formula is C13H19ClN2O3S. The third-order valence-corrected chi connectivity index (χ3v) is 4.23. The van der Waals surface area contributed by atoms with Crippen LogP contribution < -0.4 is 10.5 Å². The molecule has 1 unspecified atom stereocenters. The van der Waals surface area contributed by atoms with E-state index in [1.165, 1.54) is 19.1 Å². The van der Waals surface area contributed by atoms with E-state index in [2.05, 4.69) is 5.32 Å². The Balaban J connectivity index is 3.19. The van der Waals surface area contributed by atoms with E-state index < -0.39 is 10.0 Å². The van der Waals surface area contributed by atoms with Gasteiger partial charge in [0.1, 0.15) is 0 Å². The fourth-order valence-corrected chi connectivity index (χ4v) is 3.10. The van der Waals surface area contributed by atoms with E-state index >= 15 is 0 Å². The fraction of sp³-hybridized carbons (Fsp3) is 0.462. The Labute approximate surface area is 124 Å². The smallest absolute Gasteiger partial charge is 0.251 e. The molecule has 5 nitrogen and oxygen atoms in total. The van der Waals surface area contributed by atoms with Gasteiger partial charge in [-0.15, -0.1) is 0 Å². The number of rotatable bonds is 5. The van der Waals surface area contributed by atoms with Gasteiger partial charge in [0.25, 0.3) is 5.91 Å². The maximum atomic E-state index is 12.2. The van der Waals surface area contributed by atoms with E-state index in [0.29, 0.717) is 5.56 Å². The third kappa shape index (κ3) is 4.19. The van der Waals surface area contributed by atoms with Gasteiger partial charge in [-0.1, -0.05) is 24.9 Å². The molecule has 20 heavy (non-hydrogen) atoms. The van der Waals surface area contributed by atoms with Crippen molar-refractivity contribution in [3.05, 3.63) is 28.3 Å². The molecule has 112 valence electrons. The Bertz CT molecular complexity index is 614. The Morgan fingerprint density at radius 2 is 2.05 bits per heavy atom. The van der Waals surface area contributed by atoms with E-state index in [1.54, 1.807) is 0 Å². The van der Waals surface area contributed by atoms with Crippen LogP contribution in [0.3, 0.4) is 0 Å². The van der Waals surface area contributed by atoms with Gasteiger partial charge in [-0.3, -0.25) is 4.79 Å². The Kier molecular flexibility index (Phi) is 5.56. The molecular weight excluding hydrogens is 300 g/mol. The van der Waals surface area contributed by atoms with Crippen LogP contribution in [-0.2, 0) is 10.0 Å². The number of amides is 1. The number of nitrogens with two attached hydrogens (primary N) is 1. The first-order chi connectivity index (χ1) is 9.16. The number of sulfonamides is 1. The van der Waals surface area contributed by atoms with Crippen LogP contribution in [0.15, 0.2) is 17.0 Å². The van der Waals surface area contributed by atoms with Gasteiger partial charge in [0.05, 0.1) is 4.90 Å². The predicted octanol–water partition coefficient (Wildman–Crippen LogP) is 2.21. The van der Waals surface area contributed by atoms with Gasteiger partial charge in [-0.25, -0.2) is 13.6 Å². The number of halogens is 1. The van der Waals surface area contributed by atoms with Crippen LogP contribution in [0.25, 0.3) is 0 Å². The lowest BCUT2D eigenvalue weighted by molar-refractivity contribution is 0.0937. The average molecular weight is 319 g/mol. The fourth-order valence-electron chi connectivity index (χ4n) is 1.99. The van der Waals surface area contributed by atoms with Crippen molar-refractivity contribution in [1.29, 1.82) is 0 Å². The molecule has 1 atom stereocenters. The highest BCUT2D eigenvalue weighted by molar-refractivity contribution is 7.89. The van der Waals surface area contributed by atoms with Crippen molar-refractivity contribution in [2.75, 3.05) is 0 Å². The van der Waals surface area contributed by atoms with E-state index in [4.69, 9.17) is 16.7 Å². The van der Waals surface area contributed by atoms with Crippen LogP contribution in [-0.4, -0.2) is 20.4 Å². The molecule has 1 amide bonds. The second-order valence-corrected chi connectivity index (χ2v) is 6.75. The lowest BCUT2D eigenvalue weighted by atomic mass is 10.1. The average Bonchev–Trinajstić information content (AvgIpc) is 2.30. The van der Waals surface area contributed by atoms with Crippen LogP contribution in [0, 0.1) is 6.92 Å². The molecule has 3 N–H and O–H groups in total. The van der Waals surface area contributed by atoms with Crippen LogP contribution in [0.2, 0.25) is 5.02 Å². The molecule has 1 aromatic rings. The zero-order valence-corrected chi connectivity index (χ0v) is 13.3. The molecule has 0 aliphatic carbocycles. The summed E-state index contributed by atoms with van der Waals surface area (Å²) in [7, 11) is -3.92. The predicted molar refractivity (Wildman–Crippen MR) is 79.4 cm³/mol. The van der Waals surface area contributed by atoms with Crippen LogP contribution in [0.1, 0.15) is 42.6 Å². The van der Waals surface area contributed by atoms with E-state index in [-0.39, 0.29) is 27.4 Å². The summed E-state index contributed by atoms with van der Waals surface area (Å²) in [4.78, 5) is 12.1. The maximum absolute atomic E-state index is 12.2. The molecule has 1 aromatic carbocycles. The van der Waals surface area contributed by atoms with Gasteiger partial charge in [0.2, 0.25) is 10.0 Å². The lowest BCUT2D eigenvalue weighted by Gasteiger charge is -2.15. The van der Waals surface area contributed by atoms with Crippen LogP contribution in [0.4, 0.5) is 0 Å². The highest BCUT2D eigenvalue weighted by Crippen LogP contribution is 2.23. The number of hydrogen-bond acceptors (Lipinski definition) is 3. The number of carbonyl (C=O) groups excluding carboxylic acids is 1. The molecule has 0 aliphatic rings. The quantitative estimate of drug-likeness (QED) is 0.872. The Hall–Kier alpha value is -1.11. The SMILES string of the molecule is CCCC(C)NC(=O)c1cc(Cl)cc(S(N)(=O)=O)c1C. The molecule has 0 aromatic heterocycles. The van der Waals surface area contributed by atoms with E-state index in [1.807, 2.05) is 13.8 Å². The number of primary sulfonamides is 1. The van der Waals surface area contributed by atoms with Crippen molar-refractivity contribution in [3.63, 3.8) is 0 Å². The minimum absolute atomic E-state index is 0.00353. The molecule has 7 heteroatoms. The molecule has 1 rings (SSSR count). The Morgan fingerprint density at radius 3 is 2.55 bits per heavy atom. The zero-order valence-electron chi connectivity index (χ0n) is 11.7. The van der Waals surface area contributed by atoms with Crippen molar-refractivity contribution in [2.45, 2.75) is 44.6 Å². The van der Waals surface area contributed by atoms with Crippen molar-refractivity contribution >= 4 is 27.5 Å². The lowest BCUT2D eigenvalue weighted by Crippen LogP contribution is -2.33. The summed E-state index contributed by atoms with van der Waals surface area (Å²) in [6.45, 7) is 5.45. The summed E-state index contributed by atoms with van der Waals surface area (Å²) in [6.07, 6.45) is 1.78. The normalized spacial score (nSPS) is 13.1. The maximum Gasteiger partial charge on any atom is 0.251 e. The summed E-state index contributed by atoms with van der Waals surface area (Å²) in [5.41, 5.74) is 0.530. The molecule has 0 saturated carbocycles. The van der Waals surface area contributed by atoms with Gasteiger partial charge >= 0.3 is 0 Å². The molecule has 0 saturated heterocycles. The van der Waals surface area contributed by atoms with Crippen molar-refractivity contribution in [1.82, 2.24) is 5.32 Å². The minimum Gasteiger partial charge on any atom is -0.350 e. The van der Waals surface area contributed by atoms with Gasteiger partial charge in [0.15, 0.2) is 0 Å². The molecule has 0 spiro atoms. The monoisotopic (exact) mass is 318 g/mol. The largest absolute Gasteiger partial charge is 0.350 e. The summed E-state index contributed by atoms with van der Waals surface area (Å²) in [5, 5.41) is 8.10. The highest BCUT2D eigenvalue weighted by atomic mass is 35.5. The molecule has 0 bridgehead atoms. The number of nitrogens with one attached hydrogen (secondary N) is 1. The molecule has 0 heterocycles. The van der Waals surface area contributed by atoms with Crippen molar-refractivity contribution < 1.29 is 13.2 Å². The second kappa shape index (κ2) is 6.56. The topological polar surface area (TPSA) is 89.3 Å². The van der Waals surface area contributed by atoms with Gasteiger partial charge in [0, 0.05) is 16.6 Å². The summed E-state index contributed by atoms with van der Waals surface area (Å²) in [5.74, 6) is -0.351. The minimum atomic E-state index is -3.92. The zero-order chi connectivity index (χ0) is 15.5. The second-order valence-electron chi connectivity index (χ2n) is 4.78. The van der Waals surface area contributed by atoms with Gasteiger partial charge in [-0.2, -0.15) is 0 Å². The first kappa shape index (κ1) is 16.9. The van der Waals surface area contributed by atoms with E-state index in [9.17, 15) is 13.2 Å². The van der Waals surface area contributed by atoms with Crippen LogP contribution >= 0.6 is 11.6 Å². The molecule has 0 aliphatic heterocycles. The first-order valence-corrected chi connectivity index (χ1v) is 8.23. The standard InChI is InChI=1S/C13H19ClN2O3S/c1-4-5-8(2)16-13(17)11-6-10(14)7-12(9(11)3)20(15,18)19/h6-8H,4-5H2,1-3H3,(H,16,17)(H2,15,18,19). The number of carbonyl (C=O) groups is 1. The number of hydrogen-bond donors (Lipinski definition) is 2. The highest BCUT2D eigenvalue weighted by Gasteiger charge is 2.20. The van der Waals surface area contributed by atoms with Crippen molar-refractivity contribution in [3.8, 4) is 0 Å². The molecule has 0 fully saturated rings. The first-order valence-electron chi connectivity index (χ1n) is 6.30. The number of benzene rings is 1. The molecule has 0 radical (unpaired) electrons. The van der Waals surface area contributed by atoms with Gasteiger partial charge in [-0.05, 0) is 38.0 Å². The Morgan fingerprint density at radius 1 is 1.45 bits per heavy atom. The summed E-state index contributed by atoms with van der Waals surface area (Å²) in [6, 6.07) is 2.70. The summed E-state index contributed by atoms with van der Waals surface area (Å²) >= 11 is 5.87.